The molecule has 0 radical (unpaired) electrons. The molecule has 0 amide bonds. The lowest BCUT2D eigenvalue weighted by Crippen LogP contribution is -2.24. The second-order valence-electron chi connectivity index (χ2n) is 7.77. The first-order valence-corrected chi connectivity index (χ1v) is 12.0. The summed E-state index contributed by atoms with van der Waals surface area (Å²) in [6.07, 6.45) is 6.75. The summed E-state index contributed by atoms with van der Waals surface area (Å²) in [5.74, 6) is 0. The molecule has 0 spiro atoms. The minimum atomic E-state index is -3.41. The Morgan fingerprint density at radius 1 is 0.625 bits per heavy atom. The number of hydrogen-bond donors (Lipinski definition) is 0. The van der Waals surface area contributed by atoms with Gasteiger partial charge in [-0.25, -0.2) is 0 Å². The standard InChI is InChI=1S/C26H15N2O3P/c29-32(16-6-2-1-3-7-16)25-19(10-14-30-25)21-17-8-4-12-27-23(17)24-18(9-5-13-28-24)22(21)20-11-15-31-26(20)32/h1-15H. The van der Waals surface area contributed by atoms with E-state index in [1.807, 2.05) is 66.7 Å². The summed E-state index contributed by atoms with van der Waals surface area (Å²) < 4.78 is 26.9. The zero-order valence-electron chi connectivity index (χ0n) is 16.7. The highest BCUT2D eigenvalue weighted by Gasteiger charge is 2.44. The van der Waals surface area contributed by atoms with Gasteiger partial charge in [0.1, 0.15) is 0 Å². The van der Waals surface area contributed by atoms with Crippen LogP contribution >= 0.6 is 7.14 Å². The van der Waals surface area contributed by atoms with Gasteiger partial charge in [0.2, 0.25) is 7.14 Å². The number of pyridine rings is 2. The van der Waals surface area contributed by atoms with E-state index in [-0.39, 0.29) is 0 Å². The molecule has 0 N–H and O–H groups in total. The van der Waals surface area contributed by atoms with Gasteiger partial charge < -0.3 is 13.4 Å². The van der Waals surface area contributed by atoms with E-state index >= 15 is 0 Å². The van der Waals surface area contributed by atoms with Gasteiger partial charge in [-0.05, 0) is 24.3 Å². The number of furan rings is 2. The number of rotatable bonds is 1. The SMILES string of the molecule is O=P1(c2ccccc2)c2occc2-c2c(c3cccnc3c3ncccc23)-c2ccoc21. The number of benzene rings is 2. The summed E-state index contributed by atoms with van der Waals surface area (Å²) in [6.45, 7) is 0. The largest absolute Gasteiger partial charge is 0.460 e. The summed E-state index contributed by atoms with van der Waals surface area (Å²) in [5, 5.41) is 2.54. The molecule has 0 unspecified atom stereocenters. The molecular formula is C26H15N2O3P. The lowest BCUT2D eigenvalue weighted by molar-refractivity contribution is 0.552. The predicted molar refractivity (Wildman–Crippen MR) is 125 cm³/mol. The van der Waals surface area contributed by atoms with Crippen LogP contribution in [0, 0.1) is 0 Å². The van der Waals surface area contributed by atoms with Gasteiger partial charge in [0.25, 0.3) is 0 Å². The summed E-state index contributed by atoms with van der Waals surface area (Å²) in [4.78, 5) is 9.32. The van der Waals surface area contributed by atoms with Crippen molar-refractivity contribution in [2.45, 2.75) is 0 Å². The van der Waals surface area contributed by atoms with Gasteiger partial charge in [-0.1, -0.05) is 42.5 Å². The predicted octanol–water partition coefficient (Wildman–Crippen LogP) is 5.26. The molecule has 152 valence electrons. The van der Waals surface area contributed by atoms with Crippen molar-refractivity contribution in [3.63, 3.8) is 0 Å². The van der Waals surface area contributed by atoms with Gasteiger partial charge in [-0.3, -0.25) is 9.97 Å². The molecule has 0 fully saturated rings. The monoisotopic (exact) mass is 434 g/mol. The topological polar surface area (TPSA) is 69.1 Å². The molecule has 32 heavy (non-hydrogen) atoms. The summed E-state index contributed by atoms with van der Waals surface area (Å²) in [6, 6.07) is 21.1. The second-order valence-corrected chi connectivity index (χ2v) is 10.3. The third-order valence-electron chi connectivity index (χ3n) is 6.15. The Kier molecular flexibility index (Phi) is 3.48. The second kappa shape index (κ2) is 6.28. The fourth-order valence-electron chi connectivity index (χ4n) is 4.86. The van der Waals surface area contributed by atoms with Crippen molar-refractivity contribution in [1.29, 1.82) is 0 Å². The third kappa shape index (κ3) is 2.11. The van der Waals surface area contributed by atoms with E-state index in [0.29, 0.717) is 16.3 Å². The van der Waals surface area contributed by atoms with Crippen LogP contribution in [0.4, 0.5) is 0 Å². The van der Waals surface area contributed by atoms with Crippen molar-refractivity contribution in [2.75, 3.05) is 0 Å². The van der Waals surface area contributed by atoms with Crippen molar-refractivity contribution in [3.05, 3.63) is 91.7 Å². The summed E-state index contributed by atoms with van der Waals surface area (Å²) in [7, 11) is -3.41. The van der Waals surface area contributed by atoms with Crippen LogP contribution in [0.1, 0.15) is 0 Å². The number of nitrogens with zero attached hydrogens (tertiary/aromatic N) is 2. The average molecular weight is 434 g/mol. The van der Waals surface area contributed by atoms with Crippen LogP contribution in [0.5, 0.6) is 0 Å². The Morgan fingerprint density at radius 3 is 1.69 bits per heavy atom. The van der Waals surface area contributed by atoms with Crippen LogP contribution in [0.15, 0.2) is 100 Å². The lowest BCUT2D eigenvalue weighted by atomic mass is 9.90. The zero-order valence-corrected chi connectivity index (χ0v) is 17.6. The van der Waals surface area contributed by atoms with E-state index in [1.54, 1.807) is 24.9 Å². The van der Waals surface area contributed by atoms with Crippen LogP contribution < -0.4 is 16.3 Å². The van der Waals surface area contributed by atoms with Crippen molar-refractivity contribution >= 4 is 45.3 Å². The molecule has 4 aromatic heterocycles. The molecule has 6 heteroatoms. The van der Waals surface area contributed by atoms with Gasteiger partial charge in [0.05, 0.1) is 23.6 Å². The highest BCUT2D eigenvalue weighted by molar-refractivity contribution is 7.85. The Bertz CT molecular complexity index is 1610. The van der Waals surface area contributed by atoms with Gasteiger partial charge >= 0.3 is 0 Å². The first-order chi connectivity index (χ1) is 15.8. The van der Waals surface area contributed by atoms with Gasteiger partial charge in [0.15, 0.2) is 11.0 Å². The molecule has 0 bridgehead atoms. The Morgan fingerprint density at radius 2 is 1.16 bits per heavy atom. The summed E-state index contributed by atoms with van der Waals surface area (Å²) >= 11 is 0. The maximum Gasteiger partial charge on any atom is 0.239 e. The molecule has 7 rings (SSSR count). The maximum absolute atomic E-state index is 14.9. The van der Waals surface area contributed by atoms with Crippen LogP contribution in [-0.2, 0) is 4.57 Å². The van der Waals surface area contributed by atoms with Crippen LogP contribution in [-0.4, -0.2) is 9.97 Å². The molecule has 0 aliphatic carbocycles. The average Bonchev–Trinajstić information content (AvgIpc) is 3.52. The molecule has 1 aliphatic heterocycles. The number of hydrogen-bond acceptors (Lipinski definition) is 5. The molecule has 5 heterocycles. The number of fused-ring (bicyclic) bond motifs is 10. The fourth-order valence-corrected chi connectivity index (χ4v) is 7.57. The Hall–Kier alpha value is -3.95. The lowest BCUT2D eigenvalue weighted by Gasteiger charge is -2.15. The minimum Gasteiger partial charge on any atom is -0.460 e. The maximum atomic E-state index is 14.9. The molecule has 5 nitrogen and oxygen atoms in total. The molecule has 0 saturated carbocycles. The first-order valence-electron chi connectivity index (χ1n) is 10.3. The smallest absolute Gasteiger partial charge is 0.239 e. The Labute approximate surface area is 182 Å². The van der Waals surface area contributed by atoms with Gasteiger partial charge in [-0.15, -0.1) is 0 Å². The fraction of sp³-hybridized carbons (Fsp3) is 0. The van der Waals surface area contributed by atoms with Crippen molar-refractivity contribution in [1.82, 2.24) is 9.97 Å². The van der Waals surface area contributed by atoms with Gasteiger partial charge in [-0.2, -0.15) is 0 Å². The van der Waals surface area contributed by atoms with E-state index in [9.17, 15) is 4.57 Å². The third-order valence-corrected chi connectivity index (χ3v) is 9.01. The molecule has 1 aliphatic rings. The summed E-state index contributed by atoms with van der Waals surface area (Å²) in [5.41, 5.74) is 5.91. The van der Waals surface area contributed by atoms with Crippen LogP contribution in [0.25, 0.3) is 44.1 Å². The quantitative estimate of drug-likeness (QED) is 0.261. The first kappa shape index (κ1) is 17.7. The normalized spacial score (nSPS) is 14.0. The highest BCUT2D eigenvalue weighted by atomic mass is 31.2. The molecule has 0 saturated heterocycles. The van der Waals surface area contributed by atoms with Crippen molar-refractivity contribution in [2.24, 2.45) is 0 Å². The Balaban J connectivity index is 1.77. The molecule has 2 aromatic carbocycles. The molecular weight excluding hydrogens is 419 g/mol. The van der Waals surface area contributed by atoms with E-state index in [4.69, 9.17) is 8.83 Å². The van der Waals surface area contributed by atoms with E-state index in [2.05, 4.69) is 9.97 Å². The van der Waals surface area contributed by atoms with E-state index in [0.717, 1.165) is 44.1 Å². The van der Waals surface area contributed by atoms with Crippen LogP contribution in [0.2, 0.25) is 0 Å². The molecule has 0 atom stereocenters. The molecule has 6 aromatic rings. The highest BCUT2D eigenvalue weighted by Crippen LogP contribution is 2.54. The zero-order chi connectivity index (χ0) is 21.3. The van der Waals surface area contributed by atoms with E-state index < -0.39 is 7.14 Å². The number of aromatic nitrogens is 2. The minimum absolute atomic E-state index is 0.423. The van der Waals surface area contributed by atoms with Crippen molar-refractivity contribution in [3.8, 4) is 22.3 Å². The van der Waals surface area contributed by atoms with Crippen molar-refractivity contribution < 1.29 is 13.4 Å². The van der Waals surface area contributed by atoms with Crippen LogP contribution in [0.3, 0.4) is 0 Å². The van der Waals surface area contributed by atoms with Gasteiger partial charge in [0, 0.05) is 50.7 Å². The van der Waals surface area contributed by atoms with E-state index in [1.165, 1.54) is 0 Å².